The van der Waals surface area contributed by atoms with Crippen molar-refractivity contribution in [1.29, 1.82) is 0 Å². The molecule has 1 aliphatic heterocycles. The van der Waals surface area contributed by atoms with Gasteiger partial charge in [-0.3, -0.25) is 9.78 Å². The zero-order valence-corrected chi connectivity index (χ0v) is 23.2. The van der Waals surface area contributed by atoms with E-state index in [4.69, 9.17) is 16.6 Å². The van der Waals surface area contributed by atoms with Gasteiger partial charge in [0.15, 0.2) is 5.11 Å². The summed E-state index contributed by atoms with van der Waals surface area (Å²) in [5, 5.41) is 7.22. The van der Waals surface area contributed by atoms with Gasteiger partial charge < -0.3 is 24.5 Å². The summed E-state index contributed by atoms with van der Waals surface area (Å²) < 4.78 is 7.92. The van der Waals surface area contributed by atoms with Gasteiger partial charge in [-0.2, -0.15) is 0 Å². The molecule has 0 aliphatic carbocycles. The van der Waals surface area contributed by atoms with Crippen LogP contribution in [-0.4, -0.2) is 20.6 Å². The van der Waals surface area contributed by atoms with E-state index in [0.717, 1.165) is 39.8 Å². The number of anilines is 2. The van der Waals surface area contributed by atoms with Gasteiger partial charge in [-0.25, -0.2) is 0 Å². The average Bonchev–Trinajstić information content (AvgIpc) is 3.60. The Hall–Kier alpha value is -3.91. The number of thiocarbonyl (C=S) groups is 1. The molecule has 38 heavy (non-hydrogen) atoms. The van der Waals surface area contributed by atoms with E-state index >= 15 is 0 Å². The first kappa shape index (κ1) is 25.7. The number of carbonyl (C=O) groups excluding carboxylic acids is 1. The van der Waals surface area contributed by atoms with Crippen LogP contribution < -0.4 is 15.5 Å². The maximum atomic E-state index is 12.3. The number of aromatic nitrogens is 2. The molecule has 1 saturated heterocycles. The fraction of sp³-hybridized carbons (Fsp3) is 0.300. The Labute approximate surface area is 228 Å². The minimum absolute atomic E-state index is 0.00343. The molecule has 196 valence electrons. The highest BCUT2D eigenvalue weighted by Gasteiger charge is 2.42. The lowest BCUT2D eigenvalue weighted by atomic mass is 9.96. The second kappa shape index (κ2) is 10.5. The molecule has 0 saturated carbocycles. The van der Waals surface area contributed by atoms with E-state index in [-0.39, 0.29) is 23.9 Å². The van der Waals surface area contributed by atoms with Crippen molar-refractivity contribution >= 4 is 34.6 Å². The molecule has 0 radical (unpaired) electrons. The van der Waals surface area contributed by atoms with Crippen LogP contribution in [0.4, 0.5) is 11.4 Å². The third-order valence-electron chi connectivity index (χ3n) is 7.19. The van der Waals surface area contributed by atoms with Crippen LogP contribution in [0.1, 0.15) is 59.9 Å². The Morgan fingerprint density at radius 3 is 2.61 bits per heavy atom. The molecule has 0 spiro atoms. The normalized spacial score (nSPS) is 17.2. The third-order valence-corrected chi connectivity index (χ3v) is 7.51. The van der Waals surface area contributed by atoms with Crippen LogP contribution in [0.5, 0.6) is 0 Å². The summed E-state index contributed by atoms with van der Waals surface area (Å²) in [6.07, 6.45) is 3.52. The van der Waals surface area contributed by atoms with Crippen LogP contribution in [0.25, 0.3) is 0 Å². The van der Waals surface area contributed by atoms with Gasteiger partial charge in [0.2, 0.25) is 5.91 Å². The van der Waals surface area contributed by atoms with Crippen LogP contribution in [0.15, 0.2) is 71.5 Å². The summed E-state index contributed by atoms with van der Waals surface area (Å²) in [6, 6.07) is 17.9. The molecule has 2 N–H and O–H groups in total. The minimum Gasteiger partial charge on any atom is -0.467 e. The van der Waals surface area contributed by atoms with Gasteiger partial charge >= 0.3 is 0 Å². The minimum atomic E-state index is -0.137. The SMILES string of the molecule is Cc1cc(N2C(=S)N[C@@H](c3ccccn3)[C@H]2c2cc(C)n(Cc3ccco3)c2C)ccc1NC(=O)C(C)C. The summed E-state index contributed by atoms with van der Waals surface area (Å²) >= 11 is 5.93. The number of hydrogen-bond donors (Lipinski definition) is 2. The van der Waals surface area contributed by atoms with Crippen LogP contribution in [-0.2, 0) is 11.3 Å². The number of benzene rings is 1. The van der Waals surface area contributed by atoms with Crippen molar-refractivity contribution in [2.45, 2.75) is 53.2 Å². The molecule has 1 aliphatic rings. The first-order chi connectivity index (χ1) is 18.2. The Kier molecular flexibility index (Phi) is 7.08. The van der Waals surface area contributed by atoms with Crippen molar-refractivity contribution in [1.82, 2.24) is 14.9 Å². The van der Waals surface area contributed by atoms with Gasteiger partial charge in [-0.1, -0.05) is 19.9 Å². The predicted molar refractivity (Wildman–Crippen MR) is 154 cm³/mol. The molecule has 0 bridgehead atoms. The number of amides is 1. The fourth-order valence-electron chi connectivity index (χ4n) is 5.09. The van der Waals surface area contributed by atoms with E-state index in [9.17, 15) is 4.79 Å². The van der Waals surface area contributed by atoms with Crippen molar-refractivity contribution < 1.29 is 9.21 Å². The standard InChI is InChI=1S/C30H33N5O2S/c1-18(2)29(36)32-25-12-11-22(15-19(25)3)35-28(27(33-30(35)38)26-10-6-7-13-31-26)24-16-20(4)34(21(24)5)17-23-9-8-14-37-23/h6-16,18,27-28H,17H2,1-5H3,(H,32,36)(H,33,38)/t27-,28+/m0/s1. The average molecular weight is 528 g/mol. The molecule has 4 aromatic rings. The van der Waals surface area contributed by atoms with Crippen molar-refractivity contribution in [2.75, 3.05) is 10.2 Å². The van der Waals surface area contributed by atoms with Gasteiger partial charge in [0.05, 0.1) is 30.6 Å². The molecule has 5 rings (SSSR count). The van der Waals surface area contributed by atoms with E-state index in [2.05, 4.69) is 51.1 Å². The summed E-state index contributed by atoms with van der Waals surface area (Å²) in [5.41, 5.74) is 7.14. The number of aryl methyl sites for hydroxylation is 2. The molecule has 8 heteroatoms. The maximum Gasteiger partial charge on any atom is 0.226 e. The lowest BCUT2D eigenvalue weighted by Crippen LogP contribution is -2.29. The monoisotopic (exact) mass is 527 g/mol. The number of carbonyl (C=O) groups is 1. The smallest absolute Gasteiger partial charge is 0.226 e. The van der Waals surface area contributed by atoms with Gasteiger partial charge in [0.25, 0.3) is 0 Å². The Morgan fingerprint density at radius 1 is 1.13 bits per heavy atom. The van der Waals surface area contributed by atoms with Crippen molar-refractivity contribution in [3.8, 4) is 0 Å². The third kappa shape index (κ3) is 4.84. The molecule has 7 nitrogen and oxygen atoms in total. The Bertz CT molecular complexity index is 1460. The van der Waals surface area contributed by atoms with Gasteiger partial charge in [0, 0.05) is 34.9 Å². The molecule has 1 amide bonds. The van der Waals surface area contributed by atoms with Gasteiger partial charge in [-0.05, 0) is 92.6 Å². The van der Waals surface area contributed by atoms with Crippen molar-refractivity contribution in [3.63, 3.8) is 0 Å². The largest absolute Gasteiger partial charge is 0.467 e. The van der Waals surface area contributed by atoms with Crippen molar-refractivity contribution in [2.24, 2.45) is 5.92 Å². The Balaban J connectivity index is 1.58. The number of furan rings is 1. The van der Waals surface area contributed by atoms with E-state index < -0.39 is 0 Å². The zero-order chi connectivity index (χ0) is 27.0. The predicted octanol–water partition coefficient (Wildman–Crippen LogP) is 6.22. The van der Waals surface area contributed by atoms with Gasteiger partial charge in [-0.15, -0.1) is 0 Å². The lowest BCUT2D eigenvalue weighted by Gasteiger charge is -2.29. The lowest BCUT2D eigenvalue weighted by molar-refractivity contribution is -0.118. The molecular formula is C30H33N5O2S. The van der Waals surface area contributed by atoms with Crippen LogP contribution in [0.2, 0.25) is 0 Å². The fourth-order valence-corrected chi connectivity index (χ4v) is 5.44. The maximum absolute atomic E-state index is 12.3. The van der Waals surface area contributed by atoms with Crippen LogP contribution in [0.3, 0.4) is 0 Å². The molecule has 3 aromatic heterocycles. The molecule has 1 fully saturated rings. The molecular weight excluding hydrogens is 494 g/mol. The van der Waals surface area contributed by atoms with Crippen LogP contribution in [0, 0.1) is 26.7 Å². The van der Waals surface area contributed by atoms with E-state index in [1.165, 1.54) is 5.56 Å². The molecule has 2 atom stereocenters. The quantitative estimate of drug-likeness (QED) is 0.278. The number of rotatable bonds is 7. The second-order valence-electron chi connectivity index (χ2n) is 10.1. The van der Waals surface area contributed by atoms with E-state index in [0.29, 0.717) is 11.7 Å². The summed E-state index contributed by atoms with van der Waals surface area (Å²) in [6.45, 7) is 10.7. The number of nitrogens with zero attached hydrogens (tertiary/aromatic N) is 3. The highest BCUT2D eigenvalue weighted by Crippen LogP contribution is 2.44. The van der Waals surface area contributed by atoms with Crippen molar-refractivity contribution in [3.05, 3.63) is 101 Å². The molecule has 1 aromatic carbocycles. The zero-order valence-electron chi connectivity index (χ0n) is 22.4. The first-order valence-corrected chi connectivity index (χ1v) is 13.3. The molecule has 0 unspecified atom stereocenters. The highest BCUT2D eigenvalue weighted by atomic mass is 32.1. The van der Waals surface area contributed by atoms with Crippen LogP contribution >= 0.6 is 12.2 Å². The van der Waals surface area contributed by atoms with Gasteiger partial charge in [0.1, 0.15) is 5.76 Å². The van der Waals surface area contributed by atoms with E-state index in [1.807, 2.05) is 69.4 Å². The van der Waals surface area contributed by atoms with E-state index in [1.54, 1.807) is 6.26 Å². The second-order valence-corrected chi connectivity index (χ2v) is 10.5. The highest BCUT2D eigenvalue weighted by molar-refractivity contribution is 7.80. The summed E-state index contributed by atoms with van der Waals surface area (Å²) in [7, 11) is 0. The number of pyridine rings is 1. The summed E-state index contributed by atoms with van der Waals surface area (Å²) in [5.74, 6) is 0.812. The first-order valence-electron chi connectivity index (χ1n) is 12.9. The Morgan fingerprint density at radius 2 is 1.95 bits per heavy atom. The number of nitrogens with one attached hydrogen (secondary N) is 2. The summed E-state index contributed by atoms with van der Waals surface area (Å²) in [4.78, 5) is 19.2. The molecule has 4 heterocycles. The topological polar surface area (TPSA) is 75.3 Å². The number of hydrogen-bond acceptors (Lipinski definition) is 4.